The number of rotatable bonds is 12. The molecule has 376 valence electrons. The van der Waals surface area contributed by atoms with Crippen LogP contribution < -0.4 is 0 Å². The summed E-state index contributed by atoms with van der Waals surface area (Å²) >= 11 is 0. The van der Waals surface area contributed by atoms with Crippen molar-refractivity contribution in [3.63, 3.8) is 0 Å². The van der Waals surface area contributed by atoms with Crippen molar-refractivity contribution in [2.24, 2.45) is 46.3 Å². The summed E-state index contributed by atoms with van der Waals surface area (Å²) in [5, 5.41) is 140. The molecule has 8 fully saturated rings. The van der Waals surface area contributed by atoms with Gasteiger partial charge in [0.15, 0.2) is 24.7 Å². The molecule has 8 aliphatic rings. The van der Waals surface area contributed by atoms with Gasteiger partial charge in [0, 0.05) is 24.2 Å². The molecule has 65 heavy (non-hydrogen) atoms. The molecule has 20 heteroatoms. The molecule has 13 N–H and O–H groups in total. The molecule has 8 rings (SSSR count). The van der Waals surface area contributed by atoms with Gasteiger partial charge in [0.25, 0.3) is 0 Å². The zero-order valence-corrected chi connectivity index (χ0v) is 38.0. The summed E-state index contributed by atoms with van der Waals surface area (Å²) in [5.74, 6) is -1.30. The Morgan fingerprint density at radius 1 is 0.677 bits per heavy atom. The highest BCUT2D eigenvalue weighted by Gasteiger charge is 2.72. The lowest BCUT2D eigenvalue weighted by atomic mass is 9.42. The second-order valence-electron chi connectivity index (χ2n) is 21.7. The quantitative estimate of drug-likeness (QED) is 0.0888. The van der Waals surface area contributed by atoms with Crippen molar-refractivity contribution < 1.29 is 99.5 Å². The van der Waals surface area contributed by atoms with Gasteiger partial charge in [-0.05, 0) is 86.9 Å². The van der Waals surface area contributed by atoms with E-state index in [2.05, 4.69) is 13.8 Å². The summed E-state index contributed by atoms with van der Waals surface area (Å²) in [6.45, 7) is 8.69. The predicted molar refractivity (Wildman–Crippen MR) is 220 cm³/mol. The minimum atomic E-state index is -1.70. The Hall–Kier alpha value is -0.800. The lowest BCUT2D eigenvalue weighted by Gasteiger charge is -2.65. The van der Waals surface area contributed by atoms with Crippen molar-refractivity contribution in [1.82, 2.24) is 0 Å². The van der Waals surface area contributed by atoms with Gasteiger partial charge >= 0.3 is 0 Å². The highest BCUT2D eigenvalue weighted by Crippen LogP contribution is 2.71. The van der Waals surface area contributed by atoms with Crippen LogP contribution in [0.4, 0.5) is 0 Å². The van der Waals surface area contributed by atoms with Crippen molar-refractivity contribution in [2.45, 2.75) is 214 Å². The van der Waals surface area contributed by atoms with Crippen LogP contribution in [0.3, 0.4) is 0 Å². The molecule has 4 saturated heterocycles. The van der Waals surface area contributed by atoms with Crippen LogP contribution in [0.25, 0.3) is 0 Å². The first kappa shape index (κ1) is 50.6. The molecule has 0 bridgehead atoms. The Kier molecular flexibility index (Phi) is 14.6. The summed E-state index contributed by atoms with van der Waals surface area (Å²) in [6, 6.07) is 0. The molecule has 28 atom stereocenters. The largest absolute Gasteiger partial charge is 0.394 e. The van der Waals surface area contributed by atoms with Crippen LogP contribution in [0.15, 0.2) is 0 Å². The first-order valence-corrected chi connectivity index (χ1v) is 23.9. The fraction of sp³-hybridized carbons (Fsp3) is 1.00. The number of fused-ring (bicyclic) bond motifs is 7. The zero-order chi connectivity index (χ0) is 47.3. The van der Waals surface area contributed by atoms with Gasteiger partial charge in [0.2, 0.25) is 0 Å². The highest BCUT2D eigenvalue weighted by molar-refractivity contribution is 5.20. The third kappa shape index (κ3) is 8.47. The number of hydrogen-bond acceptors (Lipinski definition) is 20. The zero-order valence-electron chi connectivity index (χ0n) is 38.0. The summed E-state index contributed by atoms with van der Waals surface area (Å²) in [4.78, 5) is 0. The van der Waals surface area contributed by atoms with Gasteiger partial charge in [0.1, 0.15) is 67.1 Å². The van der Waals surface area contributed by atoms with E-state index in [1.807, 2.05) is 13.8 Å². The van der Waals surface area contributed by atoms with E-state index in [1.165, 1.54) is 6.92 Å². The molecular weight excluding hydrogens is 860 g/mol. The van der Waals surface area contributed by atoms with Gasteiger partial charge in [-0.25, -0.2) is 0 Å². The summed E-state index contributed by atoms with van der Waals surface area (Å²) in [5.41, 5.74) is -2.44. The van der Waals surface area contributed by atoms with E-state index < -0.39 is 134 Å². The Labute approximate surface area is 379 Å². The maximum atomic E-state index is 12.6. The SMILES string of the molecule is C[C@@H](CCC1(O)O[C@H]2C[C@H]3[C@@H]4C[C@H](O)[C@]5(O)C[C@@H](O[C@@H]6O[C@H](CO)[C@@H](O[C@@H]7O[C@@H](C)[C@H](O)[C@@H](O)[C@H]7O)[C@H](O)[C@H]6O)CC[C@]5(C)[C@H]4CC[C@]3(C)[C@H]2[C@@H]1C)CO[C@@H]1O[C@H](CO)[C@@H](O)[C@H](O)[C@H]1O. The van der Waals surface area contributed by atoms with E-state index in [0.29, 0.717) is 38.5 Å². The van der Waals surface area contributed by atoms with E-state index in [4.69, 9.17) is 33.2 Å². The lowest BCUT2D eigenvalue weighted by molar-refractivity contribution is -0.364. The molecule has 0 spiro atoms. The third-order valence-corrected chi connectivity index (χ3v) is 18.1. The van der Waals surface area contributed by atoms with Gasteiger partial charge in [0.05, 0.1) is 49.8 Å². The molecule has 4 saturated carbocycles. The smallest absolute Gasteiger partial charge is 0.187 e. The molecule has 0 aromatic rings. The minimum Gasteiger partial charge on any atom is -0.394 e. The van der Waals surface area contributed by atoms with Crippen molar-refractivity contribution in [3.05, 3.63) is 0 Å². The Balaban J connectivity index is 0.869. The molecule has 0 aromatic carbocycles. The third-order valence-electron chi connectivity index (χ3n) is 18.1. The Morgan fingerprint density at radius 2 is 1.31 bits per heavy atom. The Morgan fingerprint density at radius 3 is 2.00 bits per heavy atom. The fourth-order valence-corrected chi connectivity index (χ4v) is 14.1. The highest BCUT2D eigenvalue weighted by atomic mass is 16.7. The summed E-state index contributed by atoms with van der Waals surface area (Å²) in [6.07, 6.45) is -18.9. The average molecular weight is 937 g/mol. The van der Waals surface area contributed by atoms with Crippen LogP contribution in [-0.2, 0) is 33.2 Å². The number of ether oxygens (including phenoxy) is 7. The molecule has 4 aliphatic carbocycles. The van der Waals surface area contributed by atoms with E-state index in [9.17, 15) is 66.4 Å². The van der Waals surface area contributed by atoms with E-state index in [1.54, 1.807) is 0 Å². The van der Waals surface area contributed by atoms with Gasteiger partial charge < -0.3 is 99.5 Å². The fourth-order valence-electron chi connectivity index (χ4n) is 14.1. The maximum absolute atomic E-state index is 12.6. The standard InChI is InChI=1S/C45H76O20/c1-18(17-59-39-35(54)33(52)31(50)26(15-46)62-39)6-11-45(58)19(2)29-25(65-45)13-24-22-12-28(48)44(57)14-21(7-10-43(44,5)23(22)8-9-42(24,29)4)61-41-37(56)34(53)38(27(16-47)63-41)64-40-36(55)32(51)30(49)20(3)60-40/h18-41,46-58H,6-17H2,1-5H3/t18-,19-,20-,21-,22+,23-,24-,25-,26+,27+,28-,29-,30-,31+,32+,33-,34+,35+,36+,37+,38+,39+,40-,41+,42-,43+,44+,45?/m0/s1. The molecule has 0 aromatic heterocycles. The molecule has 0 amide bonds. The monoisotopic (exact) mass is 936 g/mol. The minimum absolute atomic E-state index is 0.0346. The first-order valence-electron chi connectivity index (χ1n) is 23.9. The van der Waals surface area contributed by atoms with Gasteiger partial charge in [-0.1, -0.05) is 27.7 Å². The van der Waals surface area contributed by atoms with Crippen molar-refractivity contribution in [3.8, 4) is 0 Å². The van der Waals surface area contributed by atoms with Crippen LogP contribution in [0.5, 0.6) is 0 Å². The van der Waals surface area contributed by atoms with E-state index >= 15 is 0 Å². The van der Waals surface area contributed by atoms with E-state index in [-0.39, 0.29) is 60.1 Å². The normalized spacial score (nSPS) is 57.2. The molecule has 4 aliphatic heterocycles. The lowest BCUT2D eigenvalue weighted by Crippen LogP contribution is -2.69. The second kappa shape index (κ2) is 18.7. The second-order valence-corrected chi connectivity index (χ2v) is 21.7. The molecule has 1 unspecified atom stereocenters. The number of aliphatic hydroxyl groups excluding tert-OH is 11. The van der Waals surface area contributed by atoms with Crippen LogP contribution in [-0.4, -0.2) is 208 Å². The molecule has 0 radical (unpaired) electrons. The van der Waals surface area contributed by atoms with Crippen LogP contribution in [0, 0.1) is 46.3 Å². The van der Waals surface area contributed by atoms with Crippen molar-refractivity contribution >= 4 is 0 Å². The first-order chi connectivity index (χ1) is 30.5. The molecule has 4 heterocycles. The Bertz CT molecular complexity index is 1630. The number of hydrogen-bond donors (Lipinski definition) is 13. The van der Waals surface area contributed by atoms with E-state index in [0.717, 1.165) is 12.8 Å². The van der Waals surface area contributed by atoms with Crippen LogP contribution in [0.2, 0.25) is 0 Å². The van der Waals surface area contributed by atoms with Gasteiger partial charge in [-0.15, -0.1) is 0 Å². The molecule has 20 nitrogen and oxygen atoms in total. The van der Waals surface area contributed by atoms with Crippen molar-refractivity contribution in [1.29, 1.82) is 0 Å². The summed E-state index contributed by atoms with van der Waals surface area (Å²) < 4.78 is 41.3. The van der Waals surface area contributed by atoms with Gasteiger partial charge in [-0.3, -0.25) is 0 Å². The maximum Gasteiger partial charge on any atom is 0.187 e. The predicted octanol–water partition coefficient (Wildman–Crippen LogP) is -2.67. The average Bonchev–Trinajstić information content (AvgIpc) is 3.71. The molecular formula is C45H76O20. The topological polar surface area (TPSA) is 328 Å². The van der Waals surface area contributed by atoms with Crippen molar-refractivity contribution in [2.75, 3.05) is 19.8 Å². The van der Waals surface area contributed by atoms with Gasteiger partial charge in [-0.2, -0.15) is 0 Å². The van der Waals surface area contributed by atoms with Crippen LogP contribution >= 0.6 is 0 Å². The number of aliphatic hydroxyl groups is 13. The summed E-state index contributed by atoms with van der Waals surface area (Å²) in [7, 11) is 0. The van der Waals surface area contributed by atoms with Crippen LogP contribution in [0.1, 0.15) is 92.4 Å².